The number of fused-ring (bicyclic) bond motifs is 4. The average molecular weight is 1060 g/mol. The second-order valence-electron chi connectivity index (χ2n) is 19.8. The summed E-state index contributed by atoms with van der Waals surface area (Å²) in [5.41, 5.74) is 4.66. The lowest BCUT2D eigenvalue weighted by Crippen LogP contribution is -2.51. The Labute approximate surface area is 442 Å². The van der Waals surface area contributed by atoms with Gasteiger partial charge in [-0.1, -0.05) is 41.5 Å². The minimum absolute atomic E-state index is 0.225. The van der Waals surface area contributed by atoms with E-state index >= 15 is 0 Å². The molecule has 0 spiro atoms. The van der Waals surface area contributed by atoms with Crippen LogP contribution in [0.1, 0.15) is 127 Å². The molecule has 0 saturated heterocycles. The van der Waals surface area contributed by atoms with Gasteiger partial charge in [-0.2, -0.15) is 0 Å². The third-order valence-electron chi connectivity index (χ3n) is 14.7. The fourth-order valence-corrected chi connectivity index (χ4v) is 10.8. The van der Waals surface area contributed by atoms with Gasteiger partial charge in [0.2, 0.25) is 0 Å². The Bertz CT molecular complexity index is 1910. The van der Waals surface area contributed by atoms with Gasteiger partial charge >= 0.3 is 35.8 Å². The number of carboxylic acid groups (broad SMARTS) is 6. The first-order valence-corrected chi connectivity index (χ1v) is 27.1. The first kappa shape index (κ1) is 62.3. The Morgan fingerprint density at radius 2 is 0.613 bits per heavy atom. The highest BCUT2D eigenvalue weighted by Crippen LogP contribution is 2.22. The van der Waals surface area contributed by atoms with Crippen LogP contribution in [0.15, 0.2) is 24.3 Å². The van der Waals surface area contributed by atoms with Crippen molar-refractivity contribution in [3.63, 3.8) is 0 Å². The van der Waals surface area contributed by atoms with E-state index in [1.165, 1.54) is 0 Å². The molecule has 0 aromatic carbocycles. The minimum Gasteiger partial charge on any atom is -0.480 e. The molecule has 75 heavy (non-hydrogen) atoms. The Balaban J connectivity index is 1.45. The van der Waals surface area contributed by atoms with Crippen LogP contribution in [0.4, 0.5) is 0 Å². The lowest BCUT2D eigenvalue weighted by Gasteiger charge is -2.36. The molecule has 0 amide bonds. The van der Waals surface area contributed by atoms with Gasteiger partial charge in [0, 0.05) is 85.2 Å². The van der Waals surface area contributed by atoms with Gasteiger partial charge in [-0.25, -0.2) is 0 Å². The fourth-order valence-electron chi connectivity index (χ4n) is 10.8. The fraction of sp³-hybridized carbons (Fsp3) is 0.698. The van der Waals surface area contributed by atoms with Crippen LogP contribution in [0, 0.1) is 0 Å². The normalized spacial score (nSPS) is 19.0. The van der Waals surface area contributed by atoms with E-state index in [9.17, 15) is 59.4 Å². The van der Waals surface area contributed by atoms with E-state index in [1.54, 1.807) is 13.8 Å². The number of hydrogen-bond acceptors (Lipinski definition) is 16. The summed E-state index contributed by atoms with van der Waals surface area (Å²) in [5, 5.41) is 68.0. The monoisotopic (exact) mass is 1050 g/mol. The third-order valence-corrected chi connectivity index (χ3v) is 14.7. The second-order valence-corrected chi connectivity index (χ2v) is 19.8. The summed E-state index contributed by atoms with van der Waals surface area (Å²) in [6, 6.07) is 3.06. The largest absolute Gasteiger partial charge is 0.480 e. The highest BCUT2D eigenvalue weighted by atomic mass is 16.4. The number of carboxylic acids is 6. The van der Waals surface area contributed by atoms with Gasteiger partial charge in [0.05, 0.1) is 22.8 Å². The smallest absolute Gasteiger partial charge is 0.320 e. The van der Waals surface area contributed by atoms with E-state index in [4.69, 9.17) is 9.97 Å². The van der Waals surface area contributed by atoms with Crippen molar-refractivity contribution in [1.29, 1.82) is 0 Å². The molecule has 4 rings (SSSR count). The first-order valence-electron chi connectivity index (χ1n) is 27.1. The predicted molar refractivity (Wildman–Crippen MR) is 281 cm³/mol. The van der Waals surface area contributed by atoms with Crippen LogP contribution in [0.2, 0.25) is 0 Å². The Kier molecular flexibility index (Phi) is 26.4. The van der Waals surface area contributed by atoms with Gasteiger partial charge in [0.15, 0.2) is 0 Å². The molecule has 0 saturated carbocycles. The second kappa shape index (κ2) is 31.8. The maximum atomic E-state index is 12.5. The molecule has 6 unspecified atom stereocenters. The molecule has 4 bridgehead atoms. The van der Waals surface area contributed by atoms with Crippen LogP contribution in [0.5, 0.6) is 0 Å². The van der Waals surface area contributed by atoms with Gasteiger partial charge in [0.25, 0.3) is 0 Å². The third kappa shape index (κ3) is 19.1. The molecule has 0 fully saturated rings. The van der Waals surface area contributed by atoms with Crippen molar-refractivity contribution in [1.82, 2.24) is 50.0 Å². The summed E-state index contributed by atoms with van der Waals surface area (Å²) < 4.78 is 0. The summed E-state index contributed by atoms with van der Waals surface area (Å²) in [4.78, 5) is 95.7. The lowest BCUT2D eigenvalue weighted by atomic mass is 10.1. The molecular weight excluding hydrogens is 969 g/mol. The summed E-state index contributed by atoms with van der Waals surface area (Å²) >= 11 is 0. The van der Waals surface area contributed by atoms with Crippen LogP contribution in [-0.4, -0.2) is 214 Å². The molecule has 2 aromatic heterocycles. The molecule has 22 heteroatoms. The van der Waals surface area contributed by atoms with E-state index in [0.717, 1.165) is 24.0 Å². The molecule has 420 valence electrons. The number of hydrogen-bond donors (Lipinski definition) is 8. The molecule has 22 nitrogen and oxygen atoms in total. The number of aryl methyl sites for hydroxylation is 2. The van der Waals surface area contributed by atoms with E-state index in [-0.39, 0.29) is 78.5 Å². The van der Waals surface area contributed by atoms with Gasteiger partial charge in [-0.3, -0.25) is 68.1 Å². The first-order chi connectivity index (χ1) is 35.9. The van der Waals surface area contributed by atoms with Crippen molar-refractivity contribution in [2.45, 2.75) is 168 Å². The number of aromatic nitrogens is 2. The molecule has 8 N–H and O–H groups in total. The van der Waals surface area contributed by atoms with E-state index in [0.29, 0.717) is 93.9 Å². The van der Waals surface area contributed by atoms with Crippen LogP contribution in [-0.2, 0) is 67.8 Å². The number of nitrogens with zero attached hydrogens (tertiary/aromatic N) is 8. The average Bonchev–Trinajstić information content (AvgIpc) is 3.34. The standard InChI is InChI=1S/C53H86N10O12/c1-7-42(48(64)65)58-19-23-60(44(9-3)50(68)69)31-38-27-36(28-39(56-38)32-61(24-20-58)45(10-4)51(70)71)15-13-17-54-35-55-18-14-16-37-29-40-33-62(46(11-5)52(72)73)25-21-59(43(8-2)49(66)67)22-26-63(34-41(30-37)57-40)47(12-6)53(74)75/h27-30,42-47,54-55H,7-26,31-35H2,1-6H3,(H,64,65)(H,66,67)(H,68,69)(H,70,71)(H,72,73)(H,74,75). The van der Waals surface area contributed by atoms with Crippen molar-refractivity contribution in [3.05, 3.63) is 58.2 Å². The number of aliphatic carboxylic acids is 6. The minimum atomic E-state index is -0.978. The zero-order chi connectivity index (χ0) is 55.2. The van der Waals surface area contributed by atoms with Crippen LogP contribution in [0.25, 0.3) is 0 Å². The van der Waals surface area contributed by atoms with Crippen LogP contribution >= 0.6 is 0 Å². The van der Waals surface area contributed by atoms with Crippen molar-refractivity contribution in [2.24, 2.45) is 0 Å². The molecule has 6 atom stereocenters. The van der Waals surface area contributed by atoms with Crippen LogP contribution in [0.3, 0.4) is 0 Å². The zero-order valence-corrected chi connectivity index (χ0v) is 45.2. The molecule has 2 aliphatic rings. The molecule has 2 aromatic rings. The number of rotatable bonds is 28. The summed E-state index contributed by atoms with van der Waals surface area (Å²) in [6.07, 6.45) is 4.96. The van der Waals surface area contributed by atoms with Gasteiger partial charge in [-0.15, -0.1) is 0 Å². The zero-order valence-electron chi connectivity index (χ0n) is 45.2. The van der Waals surface area contributed by atoms with E-state index in [2.05, 4.69) is 10.6 Å². The molecular formula is C53H86N10O12. The Morgan fingerprint density at radius 3 is 0.827 bits per heavy atom. The number of carbonyl (C=O) groups is 6. The van der Waals surface area contributed by atoms with Crippen LogP contribution < -0.4 is 10.6 Å². The van der Waals surface area contributed by atoms with Gasteiger partial charge < -0.3 is 41.3 Å². The van der Waals surface area contributed by atoms with Crippen molar-refractivity contribution in [2.75, 3.05) is 72.1 Å². The van der Waals surface area contributed by atoms with Gasteiger partial charge in [-0.05, 0) is 113 Å². The molecule has 4 heterocycles. The molecule has 2 aliphatic heterocycles. The number of nitrogens with one attached hydrogen (secondary N) is 2. The maximum Gasteiger partial charge on any atom is 0.320 e. The molecule has 0 radical (unpaired) electrons. The Hall–Kier alpha value is -5.20. The quantitative estimate of drug-likeness (QED) is 0.0448. The van der Waals surface area contributed by atoms with Crippen molar-refractivity contribution < 1.29 is 59.4 Å². The highest BCUT2D eigenvalue weighted by Gasteiger charge is 2.34. The van der Waals surface area contributed by atoms with Crippen molar-refractivity contribution >= 4 is 35.8 Å². The van der Waals surface area contributed by atoms with E-state index < -0.39 is 72.1 Å². The summed E-state index contributed by atoms with van der Waals surface area (Å²) in [5.74, 6) is -5.82. The summed E-state index contributed by atoms with van der Waals surface area (Å²) in [7, 11) is 0. The van der Waals surface area contributed by atoms with E-state index in [1.807, 2.05) is 81.4 Å². The summed E-state index contributed by atoms with van der Waals surface area (Å²) in [6.45, 7) is 15.9. The maximum absolute atomic E-state index is 12.5. The Morgan fingerprint density at radius 1 is 0.400 bits per heavy atom. The van der Waals surface area contributed by atoms with Gasteiger partial charge in [0.1, 0.15) is 36.3 Å². The SMILES string of the molecule is CCC(C(=O)O)N1CCN(C(CC)C(=O)O)Cc2cc(CCCNCNCCCc3cc4nc(c3)CN(C(CC)C(=O)O)CCN(C(CC)C(=O)O)CCN(C(CC)C(=O)O)C4)cc(n2)CN(C(CC)C(=O)O)CC1. The van der Waals surface area contributed by atoms with Crippen molar-refractivity contribution in [3.8, 4) is 0 Å². The lowest BCUT2D eigenvalue weighted by molar-refractivity contribution is -0.147. The predicted octanol–water partition coefficient (Wildman–Crippen LogP) is 3.20. The topological polar surface area (TPSA) is 293 Å². The number of pyridine rings is 2. The highest BCUT2D eigenvalue weighted by molar-refractivity contribution is 5.75. The molecule has 0 aliphatic carbocycles.